The lowest BCUT2D eigenvalue weighted by Crippen LogP contribution is -2.12. The predicted octanol–water partition coefficient (Wildman–Crippen LogP) is 3.77. The van der Waals surface area contributed by atoms with Gasteiger partial charge in [-0.15, -0.1) is 11.3 Å². The maximum Gasteiger partial charge on any atom is 0.227 e. The molecule has 0 aliphatic rings. The van der Waals surface area contributed by atoms with Crippen molar-refractivity contribution in [3.63, 3.8) is 0 Å². The number of nitrogens with one attached hydrogen (secondary N) is 1. The Kier molecular flexibility index (Phi) is 5.18. The van der Waals surface area contributed by atoms with E-state index in [-0.39, 0.29) is 18.1 Å². The van der Waals surface area contributed by atoms with Gasteiger partial charge in [-0.2, -0.15) is 4.98 Å². The Hall–Kier alpha value is -2.61. The van der Waals surface area contributed by atoms with Gasteiger partial charge in [-0.3, -0.25) is 4.79 Å². The molecule has 0 saturated heterocycles. The molecular formula is C17H17FN4O2S. The van der Waals surface area contributed by atoms with E-state index in [4.69, 9.17) is 4.52 Å². The molecule has 0 bridgehead atoms. The molecule has 0 fully saturated rings. The van der Waals surface area contributed by atoms with Crippen molar-refractivity contribution in [2.45, 2.75) is 33.1 Å². The van der Waals surface area contributed by atoms with Gasteiger partial charge < -0.3 is 9.84 Å². The topological polar surface area (TPSA) is 80.9 Å². The Bertz CT molecular complexity index is 873. The van der Waals surface area contributed by atoms with Crippen molar-refractivity contribution in [3.05, 3.63) is 46.5 Å². The summed E-state index contributed by atoms with van der Waals surface area (Å²) in [4.78, 5) is 21.7. The predicted molar refractivity (Wildman–Crippen MR) is 92.9 cm³/mol. The second kappa shape index (κ2) is 7.52. The van der Waals surface area contributed by atoms with Gasteiger partial charge in [0.15, 0.2) is 5.13 Å². The molecule has 0 spiro atoms. The molecule has 3 rings (SSSR count). The summed E-state index contributed by atoms with van der Waals surface area (Å²) in [6.07, 6.45) is 1.38. The van der Waals surface area contributed by atoms with Crippen LogP contribution in [0.15, 0.2) is 28.8 Å². The molecule has 0 atom stereocenters. The van der Waals surface area contributed by atoms with Crippen LogP contribution in [0.2, 0.25) is 0 Å². The van der Waals surface area contributed by atoms with Gasteiger partial charge in [0.25, 0.3) is 0 Å². The number of carbonyl (C=O) groups is 1. The third kappa shape index (κ3) is 4.27. The molecule has 0 aliphatic carbocycles. The Balaban J connectivity index is 1.56. The van der Waals surface area contributed by atoms with E-state index < -0.39 is 0 Å². The van der Waals surface area contributed by atoms with E-state index in [1.54, 1.807) is 12.1 Å². The summed E-state index contributed by atoms with van der Waals surface area (Å²) in [6.45, 7) is 4.02. The lowest BCUT2D eigenvalue weighted by atomic mass is 10.2. The number of aryl methyl sites for hydroxylation is 3. The minimum Gasteiger partial charge on any atom is -0.339 e. The Morgan fingerprint density at radius 2 is 2.04 bits per heavy atom. The summed E-state index contributed by atoms with van der Waals surface area (Å²) in [5.74, 6) is 0.253. The lowest BCUT2D eigenvalue weighted by Gasteiger charge is -1.99. The zero-order valence-corrected chi connectivity index (χ0v) is 14.7. The average molecular weight is 360 g/mol. The van der Waals surface area contributed by atoms with Gasteiger partial charge >= 0.3 is 0 Å². The molecule has 3 aromatic rings. The van der Waals surface area contributed by atoms with Crippen LogP contribution >= 0.6 is 11.3 Å². The number of carbonyl (C=O) groups excluding carboxylic acids is 1. The number of amides is 1. The highest BCUT2D eigenvalue weighted by molar-refractivity contribution is 7.15. The first-order valence-electron chi connectivity index (χ1n) is 7.90. The summed E-state index contributed by atoms with van der Waals surface area (Å²) in [6, 6.07) is 5.82. The summed E-state index contributed by atoms with van der Waals surface area (Å²) in [5.41, 5.74) is 1.66. The number of hydrogen-bond donors (Lipinski definition) is 1. The molecule has 0 radical (unpaired) electrons. The standard InChI is InChI=1S/C17H17FN4O2S/c1-3-13-10(2)25-17(19-13)20-14(23)8-9-15-21-16(22-24-15)11-4-6-12(18)7-5-11/h4-7H,3,8-9H2,1-2H3,(H,19,20,23). The van der Waals surface area contributed by atoms with Crippen LogP contribution in [0.5, 0.6) is 0 Å². The van der Waals surface area contributed by atoms with Crippen LogP contribution in [0.3, 0.4) is 0 Å². The van der Waals surface area contributed by atoms with Crippen LogP contribution in [0.1, 0.15) is 29.8 Å². The molecule has 25 heavy (non-hydrogen) atoms. The van der Waals surface area contributed by atoms with Crippen molar-refractivity contribution in [1.29, 1.82) is 0 Å². The fourth-order valence-corrected chi connectivity index (χ4v) is 3.20. The van der Waals surface area contributed by atoms with Gasteiger partial charge in [0.1, 0.15) is 5.82 Å². The van der Waals surface area contributed by atoms with Crippen molar-refractivity contribution in [1.82, 2.24) is 15.1 Å². The van der Waals surface area contributed by atoms with Crippen LogP contribution < -0.4 is 5.32 Å². The molecule has 1 aromatic carbocycles. The number of nitrogens with zero attached hydrogens (tertiary/aromatic N) is 3. The van der Waals surface area contributed by atoms with Gasteiger partial charge in [0, 0.05) is 23.3 Å². The van der Waals surface area contributed by atoms with Gasteiger partial charge in [-0.25, -0.2) is 9.37 Å². The van der Waals surface area contributed by atoms with Gasteiger partial charge in [-0.1, -0.05) is 12.1 Å². The van der Waals surface area contributed by atoms with E-state index in [9.17, 15) is 9.18 Å². The number of benzene rings is 1. The summed E-state index contributed by atoms with van der Waals surface area (Å²) in [5, 5.41) is 7.25. The second-order valence-electron chi connectivity index (χ2n) is 5.44. The summed E-state index contributed by atoms with van der Waals surface area (Å²) < 4.78 is 18.1. The van der Waals surface area contributed by atoms with Crippen LogP contribution in [0.25, 0.3) is 11.4 Å². The zero-order chi connectivity index (χ0) is 17.8. The molecule has 1 N–H and O–H groups in total. The van der Waals surface area contributed by atoms with E-state index in [2.05, 4.69) is 20.4 Å². The Morgan fingerprint density at radius 3 is 2.72 bits per heavy atom. The molecule has 2 aromatic heterocycles. The first-order chi connectivity index (χ1) is 12.0. The molecule has 130 valence electrons. The highest BCUT2D eigenvalue weighted by atomic mass is 32.1. The monoisotopic (exact) mass is 360 g/mol. The lowest BCUT2D eigenvalue weighted by molar-refractivity contribution is -0.116. The average Bonchev–Trinajstić information content (AvgIpc) is 3.20. The maximum absolute atomic E-state index is 12.9. The number of rotatable bonds is 6. The van der Waals surface area contributed by atoms with Crippen molar-refractivity contribution >= 4 is 22.4 Å². The van der Waals surface area contributed by atoms with Crippen molar-refractivity contribution < 1.29 is 13.7 Å². The molecule has 0 aliphatic heterocycles. The molecular weight excluding hydrogens is 343 g/mol. The van der Waals surface area contributed by atoms with Gasteiger partial charge in [0.2, 0.25) is 17.6 Å². The van der Waals surface area contributed by atoms with Crippen molar-refractivity contribution in [2.75, 3.05) is 5.32 Å². The van der Waals surface area contributed by atoms with E-state index in [1.807, 2.05) is 13.8 Å². The van der Waals surface area contributed by atoms with E-state index >= 15 is 0 Å². The fourth-order valence-electron chi connectivity index (χ4n) is 2.28. The SMILES string of the molecule is CCc1nc(NC(=O)CCc2nc(-c3ccc(F)cc3)no2)sc1C. The van der Waals surface area contributed by atoms with E-state index in [0.29, 0.717) is 28.8 Å². The fraction of sp³-hybridized carbons (Fsp3) is 0.294. The van der Waals surface area contributed by atoms with Crippen LogP contribution in [0, 0.1) is 12.7 Å². The highest BCUT2D eigenvalue weighted by Gasteiger charge is 2.13. The third-order valence-electron chi connectivity index (χ3n) is 3.61. The molecule has 0 saturated carbocycles. The summed E-state index contributed by atoms with van der Waals surface area (Å²) >= 11 is 1.47. The molecule has 6 nitrogen and oxygen atoms in total. The normalized spacial score (nSPS) is 10.8. The zero-order valence-electron chi connectivity index (χ0n) is 13.9. The van der Waals surface area contributed by atoms with Crippen LogP contribution in [-0.2, 0) is 17.6 Å². The first kappa shape index (κ1) is 17.2. The highest BCUT2D eigenvalue weighted by Crippen LogP contribution is 2.22. The minimum atomic E-state index is -0.326. The van der Waals surface area contributed by atoms with Crippen LogP contribution in [0.4, 0.5) is 9.52 Å². The third-order valence-corrected chi connectivity index (χ3v) is 4.54. The quantitative estimate of drug-likeness (QED) is 0.724. The Morgan fingerprint density at radius 1 is 1.28 bits per heavy atom. The number of aromatic nitrogens is 3. The number of anilines is 1. The Labute approximate surface area is 148 Å². The number of thiazole rings is 1. The van der Waals surface area contributed by atoms with E-state index in [1.165, 1.54) is 23.5 Å². The smallest absolute Gasteiger partial charge is 0.227 e. The molecule has 0 unspecified atom stereocenters. The maximum atomic E-state index is 12.9. The summed E-state index contributed by atoms with van der Waals surface area (Å²) in [7, 11) is 0. The molecule has 1 amide bonds. The van der Waals surface area contributed by atoms with Crippen LogP contribution in [-0.4, -0.2) is 21.0 Å². The van der Waals surface area contributed by atoms with Crippen molar-refractivity contribution in [2.24, 2.45) is 0 Å². The molecule has 8 heteroatoms. The minimum absolute atomic E-state index is 0.155. The van der Waals surface area contributed by atoms with Crippen molar-refractivity contribution in [3.8, 4) is 11.4 Å². The van der Waals surface area contributed by atoms with E-state index in [0.717, 1.165) is 17.0 Å². The first-order valence-corrected chi connectivity index (χ1v) is 8.71. The van der Waals surface area contributed by atoms with Gasteiger partial charge in [-0.05, 0) is 37.6 Å². The number of halogens is 1. The van der Waals surface area contributed by atoms with Gasteiger partial charge in [0.05, 0.1) is 5.69 Å². The second-order valence-corrected chi connectivity index (χ2v) is 6.65. The number of hydrogen-bond acceptors (Lipinski definition) is 6. The largest absolute Gasteiger partial charge is 0.339 e. The molecule has 2 heterocycles.